The van der Waals surface area contributed by atoms with E-state index in [1.165, 1.54) is 32.8 Å². The van der Waals surface area contributed by atoms with E-state index < -0.39 is 5.41 Å². The SMILES string of the molecule is COC(=O)[C@]1(CCCCCBr)CCCCCCCCCCC1=O. The van der Waals surface area contributed by atoms with E-state index in [1.54, 1.807) is 0 Å². The number of esters is 1. The number of Topliss-reactive ketones (excluding diaryl/α,β-unsaturated/α-hetero) is 1. The van der Waals surface area contributed by atoms with Gasteiger partial charge in [-0.2, -0.15) is 0 Å². The molecule has 0 heterocycles. The molecule has 0 amide bonds. The third-order valence-corrected chi connectivity index (χ3v) is 5.67. The van der Waals surface area contributed by atoms with Crippen LogP contribution >= 0.6 is 15.9 Å². The number of methoxy groups -OCH3 is 1. The van der Waals surface area contributed by atoms with Crippen LogP contribution in [0.25, 0.3) is 0 Å². The summed E-state index contributed by atoms with van der Waals surface area (Å²) in [6.45, 7) is 0. The number of alkyl halides is 1. The maximum atomic E-state index is 12.9. The molecule has 3 nitrogen and oxygen atoms in total. The Morgan fingerprint density at radius 3 is 2.22 bits per heavy atom. The molecular formula is C19H33BrO3. The van der Waals surface area contributed by atoms with Gasteiger partial charge >= 0.3 is 5.97 Å². The summed E-state index contributed by atoms with van der Waals surface area (Å²) in [4.78, 5) is 25.4. The smallest absolute Gasteiger partial charge is 0.319 e. The van der Waals surface area contributed by atoms with Crippen molar-refractivity contribution in [1.82, 2.24) is 0 Å². The molecule has 0 saturated heterocycles. The first-order chi connectivity index (χ1) is 11.2. The molecule has 1 atom stereocenters. The minimum Gasteiger partial charge on any atom is -0.468 e. The molecule has 1 saturated carbocycles. The van der Waals surface area contributed by atoms with E-state index in [0.29, 0.717) is 19.3 Å². The molecule has 1 aliphatic rings. The summed E-state index contributed by atoms with van der Waals surface area (Å²) >= 11 is 3.44. The lowest BCUT2D eigenvalue weighted by Crippen LogP contribution is -2.40. The summed E-state index contributed by atoms with van der Waals surface area (Å²) in [5, 5.41) is 0.978. The van der Waals surface area contributed by atoms with E-state index in [0.717, 1.165) is 50.3 Å². The normalized spacial score (nSPS) is 24.5. The maximum Gasteiger partial charge on any atom is 0.319 e. The van der Waals surface area contributed by atoms with Crippen molar-refractivity contribution in [3.8, 4) is 0 Å². The highest BCUT2D eigenvalue weighted by Gasteiger charge is 2.44. The molecule has 0 bridgehead atoms. The van der Waals surface area contributed by atoms with Crippen LogP contribution in [0.5, 0.6) is 0 Å². The molecule has 0 radical (unpaired) electrons. The topological polar surface area (TPSA) is 43.4 Å². The number of hydrogen-bond acceptors (Lipinski definition) is 3. The molecule has 0 aromatic rings. The molecule has 0 aliphatic heterocycles. The van der Waals surface area contributed by atoms with Gasteiger partial charge in [-0.25, -0.2) is 0 Å². The predicted octanol–water partition coefficient (Wildman–Crippen LogP) is 5.58. The van der Waals surface area contributed by atoms with Gasteiger partial charge < -0.3 is 4.74 Å². The molecule has 0 aromatic heterocycles. The first kappa shape index (κ1) is 20.7. The van der Waals surface area contributed by atoms with Crippen molar-refractivity contribution in [2.75, 3.05) is 12.4 Å². The number of carbonyl (C=O) groups is 2. The average Bonchev–Trinajstić information content (AvgIpc) is 2.56. The van der Waals surface area contributed by atoms with Crippen LogP contribution in [0, 0.1) is 5.41 Å². The van der Waals surface area contributed by atoms with Gasteiger partial charge in [-0.15, -0.1) is 0 Å². The third-order valence-electron chi connectivity index (χ3n) is 5.10. The second-order valence-corrected chi connectivity index (χ2v) is 7.62. The van der Waals surface area contributed by atoms with Crippen LogP contribution in [-0.4, -0.2) is 24.2 Å². The summed E-state index contributed by atoms with van der Waals surface area (Å²) in [6, 6.07) is 0. The first-order valence-electron chi connectivity index (χ1n) is 9.35. The minimum absolute atomic E-state index is 0.128. The van der Waals surface area contributed by atoms with Crippen molar-refractivity contribution in [3.05, 3.63) is 0 Å². The molecule has 4 heteroatoms. The molecular weight excluding hydrogens is 356 g/mol. The van der Waals surface area contributed by atoms with E-state index >= 15 is 0 Å². The summed E-state index contributed by atoms with van der Waals surface area (Å²) in [5.74, 6) is -0.165. The Morgan fingerprint density at radius 1 is 1.00 bits per heavy atom. The van der Waals surface area contributed by atoms with Gasteiger partial charge in [0.2, 0.25) is 0 Å². The Morgan fingerprint density at radius 2 is 1.61 bits per heavy atom. The van der Waals surface area contributed by atoms with E-state index in [2.05, 4.69) is 15.9 Å². The lowest BCUT2D eigenvalue weighted by molar-refractivity contribution is -0.159. The zero-order chi connectivity index (χ0) is 17.0. The van der Waals surface area contributed by atoms with Crippen molar-refractivity contribution in [1.29, 1.82) is 0 Å². The van der Waals surface area contributed by atoms with Crippen LogP contribution < -0.4 is 0 Å². The molecule has 0 spiro atoms. The molecule has 0 unspecified atom stereocenters. The van der Waals surface area contributed by atoms with Crippen molar-refractivity contribution in [3.63, 3.8) is 0 Å². The second kappa shape index (κ2) is 12.0. The number of ether oxygens (including phenoxy) is 1. The summed E-state index contributed by atoms with van der Waals surface area (Å²) in [5.41, 5.74) is -0.875. The fourth-order valence-corrected chi connectivity index (χ4v) is 4.02. The van der Waals surface area contributed by atoms with Gasteiger partial charge in [0.05, 0.1) is 7.11 Å². The van der Waals surface area contributed by atoms with Crippen molar-refractivity contribution >= 4 is 27.7 Å². The van der Waals surface area contributed by atoms with Crippen LogP contribution in [0.3, 0.4) is 0 Å². The zero-order valence-corrected chi connectivity index (χ0v) is 16.3. The number of halogens is 1. The van der Waals surface area contributed by atoms with Gasteiger partial charge in [-0.1, -0.05) is 73.7 Å². The Labute approximate surface area is 150 Å². The Balaban J connectivity index is 2.81. The van der Waals surface area contributed by atoms with Crippen LogP contribution in [0.4, 0.5) is 0 Å². The molecule has 1 rings (SSSR count). The molecule has 0 N–H and O–H groups in total. The zero-order valence-electron chi connectivity index (χ0n) is 14.7. The largest absolute Gasteiger partial charge is 0.468 e. The van der Waals surface area contributed by atoms with Crippen LogP contribution in [0.1, 0.15) is 89.9 Å². The Kier molecular flexibility index (Phi) is 10.8. The number of hydrogen-bond donors (Lipinski definition) is 0. The molecule has 0 aromatic carbocycles. The monoisotopic (exact) mass is 388 g/mol. The fraction of sp³-hybridized carbons (Fsp3) is 0.895. The van der Waals surface area contributed by atoms with Gasteiger partial charge in [0.15, 0.2) is 0 Å². The van der Waals surface area contributed by atoms with Gasteiger partial charge in [0.1, 0.15) is 11.2 Å². The van der Waals surface area contributed by atoms with Crippen molar-refractivity contribution < 1.29 is 14.3 Å². The van der Waals surface area contributed by atoms with E-state index in [-0.39, 0.29) is 11.8 Å². The highest BCUT2D eigenvalue weighted by Crippen LogP contribution is 2.36. The number of unbranched alkanes of at least 4 members (excludes halogenated alkanes) is 2. The van der Waals surface area contributed by atoms with Gasteiger partial charge in [-0.3, -0.25) is 9.59 Å². The molecule has 23 heavy (non-hydrogen) atoms. The quantitative estimate of drug-likeness (QED) is 0.258. The summed E-state index contributed by atoms with van der Waals surface area (Å²) < 4.78 is 5.08. The van der Waals surface area contributed by atoms with E-state index in [1.807, 2.05) is 0 Å². The lowest BCUT2D eigenvalue weighted by Gasteiger charge is -2.30. The van der Waals surface area contributed by atoms with E-state index in [9.17, 15) is 9.59 Å². The second-order valence-electron chi connectivity index (χ2n) is 6.82. The number of carbonyl (C=O) groups excluding carboxylic acids is 2. The standard InChI is InChI=1S/C19H33BrO3/c1-23-18(22)19(15-11-8-12-16-20)14-10-7-5-3-2-4-6-9-13-17(19)21/h2-16H2,1H3/t19-/m0/s1. The van der Waals surface area contributed by atoms with Crippen molar-refractivity contribution in [2.45, 2.75) is 89.9 Å². The molecule has 1 fully saturated rings. The number of rotatable bonds is 6. The van der Waals surface area contributed by atoms with Crippen molar-refractivity contribution in [2.24, 2.45) is 5.41 Å². The van der Waals surface area contributed by atoms with E-state index in [4.69, 9.17) is 4.74 Å². The highest BCUT2D eigenvalue weighted by molar-refractivity contribution is 9.09. The first-order valence-corrected chi connectivity index (χ1v) is 10.5. The number of ketones is 1. The average molecular weight is 389 g/mol. The van der Waals surface area contributed by atoms with Gasteiger partial charge in [0.25, 0.3) is 0 Å². The lowest BCUT2D eigenvalue weighted by atomic mass is 9.72. The van der Waals surface area contributed by atoms with Crippen LogP contribution in [0.15, 0.2) is 0 Å². The predicted molar refractivity (Wildman–Crippen MR) is 97.9 cm³/mol. The van der Waals surface area contributed by atoms with Crippen LogP contribution in [-0.2, 0) is 14.3 Å². The highest BCUT2D eigenvalue weighted by atomic mass is 79.9. The Bertz CT molecular complexity index is 353. The summed E-state index contributed by atoms with van der Waals surface area (Å²) in [7, 11) is 1.42. The summed E-state index contributed by atoms with van der Waals surface area (Å²) in [6.07, 6.45) is 14.0. The minimum atomic E-state index is -0.875. The van der Waals surface area contributed by atoms with Crippen LogP contribution in [0.2, 0.25) is 0 Å². The third kappa shape index (κ3) is 6.94. The maximum absolute atomic E-state index is 12.9. The molecule has 1 aliphatic carbocycles. The van der Waals surface area contributed by atoms with Gasteiger partial charge in [0, 0.05) is 11.8 Å². The Hall–Kier alpha value is -0.380. The fourth-order valence-electron chi connectivity index (χ4n) is 3.63. The molecule has 134 valence electrons. The van der Waals surface area contributed by atoms with Gasteiger partial charge in [-0.05, 0) is 25.7 Å².